The van der Waals surface area contributed by atoms with Crippen molar-refractivity contribution >= 4 is 5.97 Å². The highest BCUT2D eigenvalue weighted by atomic mass is 16.5. The molecule has 3 heterocycles. The number of carboxylic acid groups (broad SMARTS) is 1. The Hall–Kier alpha value is -2.76. The van der Waals surface area contributed by atoms with Crippen LogP contribution in [-0.4, -0.2) is 28.9 Å². The fourth-order valence-electron chi connectivity index (χ4n) is 3.53. The van der Waals surface area contributed by atoms with Crippen LogP contribution in [0.5, 0.6) is 11.5 Å². The summed E-state index contributed by atoms with van der Waals surface area (Å²) >= 11 is 0. The molecule has 0 bridgehead atoms. The summed E-state index contributed by atoms with van der Waals surface area (Å²) in [6.45, 7) is 7.30. The number of pyridine rings is 1. The van der Waals surface area contributed by atoms with Crippen molar-refractivity contribution in [1.29, 1.82) is 0 Å². The van der Waals surface area contributed by atoms with E-state index >= 15 is 0 Å². The Morgan fingerprint density at radius 2 is 1.85 bits per heavy atom. The SMILES string of the molecule is C[C@H]1Cc2cc3c(cc2-c2cc(=O)c(C(=O)O)cn21)OCC(C)(C)CO3. The maximum absolute atomic E-state index is 12.2. The second-order valence-corrected chi connectivity index (χ2v) is 7.90. The highest BCUT2D eigenvalue weighted by Gasteiger charge is 2.29. The molecule has 1 atom stereocenters. The summed E-state index contributed by atoms with van der Waals surface area (Å²) < 4.78 is 13.8. The number of aromatic nitrogens is 1. The molecule has 2 aromatic rings. The van der Waals surface area contributed by atoms with Gasteiger partial charge in [-0.25, -0.2) is 4.79 Å². The van der Waals surface area contributed by atoms with Crippen molar-refractivity contribution in [2.45, 2.75) is 33.2 Å². The molecule has 136 valence electrons. The molecular formula is C20H21NO5. The Morgan fingerprint density at radius 3 is 2.50 bits per heavy atom. The molecule has 2 aliphatic heterocycles. The molecule has 2 aliphatic rings. The zero-order valence-corrected chi connectivity index (χ0v) is 15.0. The fraction of sp³-hybridized carbons (Fsp3) is 0.400. The molecule has 0 saturated heterocycles. The number of hydrogen-bond donors (Lipinski definition) is 1. The Morgan fingerprint density at radius 1 is 1.19 bits per heavy atom. The fourth-order valence-corrected chi connectivity index (χ4v) is 3.53. The lowest BCUT2D eigenvalue weighted by atomic mass is 9.92. The quantitative estimate of drug-likeness (QED) is 0.850. The smallest absolute Gasteiger partial charge is 0.341 e. The number of rotatable bonds is 1. The molecule has 6 heteroatoms. The van der Waals surface area contributed by atoms with E-state index in [-0.39, 0.29) is 17.0 Å². The number of carbonyl (C=O) groups is 1. The monoisotopic (exact) mass is 355 g/mol. The summed E-state index contributed by atoms with van der Waals surface area (Å²) in [5, 5.41) is 9.24. The van der Waals surface area contributed by atoms with Crippen molar-refractivity contribution in [2.75, 3.05) is 13.2 Å². The van der Waals surface area contributed by atoms with Gasteiger partial charge >= 0.3 is 5.97 Å². The van der Waals surface area contributed by atoms with E-state index in [1.165, 1.54) is 12.3 Å². The molecule has 0 aliphatic carbocycles. The van der Waals surface area contributed by atoms with Crippen LogP contribution in [0, 0.1) is 5.41 Å². The van der Waals surface area contributed by atoms with Crippen LogP contribution in [0.1, 0.15) is 42.7 Å². The predicted octanol–water partition coefficient (Wildman–Crippen LogP) is 3.13. The normalized spacial score (nSPS) is 19.9. The number of aromatic carboxylic acids is 1. The van der Waals surface area contributed by atoms with Gasteiger partial charge in [0.2, 0.25) is 0 Å². The third kappa shape index (κ3) is 2.66. The van der Waals surface area contributed by atoms with Crippen molar-refractivity contribution in [3.8, 4) is 22.8 Å². The Labute approximate surface area is 151 Å². The van der Waals surface area contributed by atoms with E-state index in [1.54, 1.807) is 0 Å². The second kappa shape index (κ2) is 5.62. The van der Waals surface area contributed by atoms with Gasteiger partial charge < -0.3 is 19.1 Å². The number of ether oxygens (including phenoxy) is 2. The van der Waals surface area contributed by atoms with Gasteiger partial charge in [0.1, 0.15) is 5.56 Å². The minimum absolute atomic E-state index is 0.0392. The summed E-state index contributed by atoms with van der Waals surface area (Å²) in [6, 6.07) is 5.34. The van der Waals surface area contributed by atoms with E-state index in [9.17, 15) is 14.7 Å². The molecular weight excluding hydrogens is 334 g/mol. The topological polar surface area (TPSA) is 77.8 Å². The summed E-state index contributed by atoms with van der Waals surface area (Å²) in [5.74, 6) is 0.175. The van der Waals surface area contributed by atoms with E-state index in [0.29, 0.717) is 24.7 Å². The van der Waals surface area contributed by atoms with Crippen LogP contribution in [0.3, 0.4) is 0 Å². The van der Waals surface area contributed by atoms with Gasteiger partial charge in [0.05, 0.1) is 18.9 Å². The van der Waals surface area contributed by atoms with Crippen molar-refractivity contribution in [3.63, 3.8) is 0 Å². The number of fused-ring (bicyclic) bond motifs is 4. The summed E-state index contributed by atoms with van der Waals surface area (Å²) in [4.78, 5) is 23.5. The maximum Gasteiger partial charge on any atom is 0.341 e. The number of carboxylic acids is 1. The van der Waals surface area contributed by atoms with E-state index in [2.05, 4.69) is 13.8 Å². The summed E-state index contributed by atoms with van der Waals surface area (Å²) in [6.07, 6.45) is 2.17. The molecule has 0 unspecified atom stereocenters. The minimum Gasteiger partial charge on any atom is -0.489 e. The Bertz CT molecular complexity index is 973. The molecule has 1 aromatic carbocycles. The van der Waals surface area contributed by atoms with Gasteiger partial charge in [-0.3, -0.25) is 4.79 Å². The molecule has 0 saturated carbocycles. The third-order valence-corrected chi connectivity index (χ3v) is 4.98. The van der Waals surface area contributed by atoms with Gasteiger partial charge in [-0.15, -0.1) is 0 Å². The van der Waals surface area contributed by atoms with Crippen LogP contribution >= 0.6 is 0 Å². The molecule has 0 spiro atoms. The molecule has 26 heavy (non-hydrogen) atoms. The van der Waals surface area contributed by atoms with Gasteiger partial charge in [-0.05, 0) is 31.0 Å². The minimum atomic E-state index is -1.20. The molecule has 0 amide bonds. The predicted molar refractivity (Wildman–Crippen MR) is 96.3 cm³/mol. The summed E-state index contributed by atoms with van der Waals surface area (Å²) in [5.41, 5.74) is 1.89. The Balaban J connectivity index is 1.88. The van der Waals surface area contributed by atoms with Gasteiger partial charge in [-0.2, -0.15) is 0 Å². The van der Waals surface area contributed by atoms with Crippen LogP contribution in [0.15, 0.2) is 29.2 Å². The standard InChI is InChI=1S/C20H21NO5/c1-11-4-12-5-17-18(26-10-20(2,3)9-25-17)6-13(12)15-7-16(22)14(19(23)24)8-21(11)15/h5-8,11H,4,9-10H2,1-3H3,(H,23,24)/t11-/m0/s1. The van der Waals surface area contributed by atoms with Crippen LogP contribution < -0.4 is 14.9 Å². The maximum atomic E-state index is 12.2. The highest BCUT2D eigenvalue weighted by Crippen LogP contribution is 2.42. The van der Waals surface area contributed by atoms with Crippen LogP contribution in [-0.2, 0) is 6.42 Å². The molecule has 1 aromatic heterocycles. The van der Waals surface area contributed by atoms with Gasteiger partial charge in [-0.1, -0.05) is 13.8 Å². The average Bonchev–Trinajstić information content (AvgIpc) is 2.71. The molecule has 4 rings (SSSR count). The second-order valence-electron chi connectivity index (χ2n) is 7.90. The number of nitrogens with zero attached hydrogens (tertiary/aromatic N) is 1. The molecule has 6 nitrogen and oxygen atoms in total. The zero-order chi connectivity index (χ0) is 18.6. The van der Waals surface area contributed by atoms with Crippen molar-refractivity contribution < 1.29 is 19.4 Å². The third-order valence-electron chi connectivity index (χ3n) is 4.98. The first-order valence-corrected chi connectivity index (χ1v) is 8.67. The molecule has 0 fully saturated rings. The first kappa shape index (κ1) is 16.7. The van der Waals surface area contributed by atoms with Gasteiger partial charge in [0.15, 0.2) is 16.9 Å². The van der Waals surface area contributed by atoms with E-state index < -0.39 is 11.4 Å². The highest BCUT2D eigenvalue weighted by molar-refractivity contribution is 5.87. The van der Waals surface area contributed by atoms with Crippen molar-refractivity contribution in [1.82, 2.24) is 4.57 Å². The lowest BCUT2D eigenvalue weighted by Gasteiger charge is -2.29. The lowest BCUT2D eigenvalue weighted by molar-refractivity contribution is 0.0694. The first-order valence-electron chi connectivity index (χ1n) is 8.67. The van der Waals surface area contributed by atoms with Gasteiger partial charge in [0, 0.05) is 29.3 Å². The Kier molecular flexibility index (Phi) is 3.61. The zero-order valence-electron chi connectivity index (χ0n) is 15.0. The average molecular weight is 355 g/mol. The number of hydrogen-bond acceptors (Lipinski definition) is 4. The van der Waals surface area contributed by atoms with Crippen LogP contribution in [0.2, 0.25) is 0 Å². The van der Waals surface area contributed by atoms with Crippen LogP contribution in [0.4, 0.5) is 0 Å². The van der Waals surface area contributed by atoms with Crippen molar-refractivity contribution in [2.24, 2.45) is 5.41 Å². The number of benzene rings is 1. The van der Waals surface area contributed by atoms with Crippen molar-refractivity contribution in [3.05, 3.63) is 45.7 Å². The van der Waals surface area contributed by atoms with E-state index in [1.807, 2.05) is 23.6 Å². The lowest BCUT2D eigenvalue weighted by Crippen LogP contribution is -2.26. The molecule has 0 radical (unpaired) electrons. The first-order chi connectivity index (χ1) is 12.2. The van der Waals surface area contributed by atoms with E-state index in [4.69, 9.17) is 9.47 Å². The summed E-state index contributed by atoms with van der Waals surface area (Å²) in [7, 11) is 0. The van der Waals surface area contributed by atoms with E-state index in [0.717, 1.165) is 23.3 Å². The van der Waals surface area contributed by atoms with Crippen LogP contribution in [0.25, 0.3) is 11.3 Å². The molecule has 1 N–H and O–H groups in total. The largest absolute Gasteiger partial charge is 0.489 e. The van der Waals surface area contributed by atoms with Gasteiger partial charge in [0.25, 0.3) is 0 Å².